The van der Waals surface area contributed by atoms with Gasteiger partial charge in [-0.25, -0.2) is 0 Å². The highest BCUT2D eigenvalue weighted by Crippen LogP contribution is 2.22. The van der Waals surface area contributed by atoms with E-state index in [4.69, 9.17) is 9.84 Å². The van der Waals surface area contributed by atoms with Crippen LogP contribution in [-0.2, 0) is 9.53 Å². The summed E-state index contributed by atoms with van der Waals surface area (Å²) in [5.41, 5.74) is 0. The summed E-state index contributed by atoms with van der Waals surface area (Å²) in [6.07, 6.45) is 4.68. The van der Waals surface area contributed by atoms with Gasteiger partial charge in [0.15, 0.2) is 0 Å². The molecule has 0 unspecified atom stereocenters. The Balaban J connectivity index is 1.61. The van der Waals surface area contributed by atoms with Gasteiger partial charge >= 0.3 is 5.97 Å². The van der Waals surface area contributed by atoms with Gasteiger partial charge in [-0.05, 0) is 58.7 Å². The summed E-state index contributed by atoms with van der Waals surface area (Å²) in [6, 6.07) is 0. The Hall–Kier alpha value is -0.650. The minimum atomic E-state index is -0.687. The summed E-state index contributed by atoms with van der Waals surface area (Å²) < 4.78 is 5.77. The van der Waals surface area contributed by atoms with Gasteiger partial charge in [0.05, 0.1) is 18.6 Å². The molecule has 0 aromatic carbocycles. The average Bonchev–Trinajstić information content (AvgIpc) is 2.43. The monoisotopic (exact) mass is 298 g/mol. The molecule has 2 atom stereocenters. The molecule has 1 N–H and O–H groups in total. The third kappa shape index (κ3) is 5.93. The number of hydrogen-bond donors (Lipinski definition) is 1. The quantitative estimate of drug-likeness (QED) is 0.808. The molecule has 5 heteroatoms. The fraction of sp³-hybridized carbons (Fsp3) is 0.938. The first kappa shape index (κ1) is 16.7. The normalized spacial score (nSPS) is 29.6. The predicted octanol–water partition coefficient (Wildman–Crippen LogP) is 1.67. The Morgan fingerprint density at radius 3 is 2.29 bits per heavy atom. The lowest BCUT2D eigenvalue weighted by Crippen LogP contribution is -2.46. The number of ether oxygens (including phenoxy) is 1. The van der Waals surface area contributed by atoms with Crippen molar-refractivity contribution in [2.45, 2.75) is 51.7 Å². The molecule has 122 valence electrons. The van der Waals surface area contributed by atoms with Gasteiger partial charge in [-0.2, -0.15) is 0 Å². The van der Waals surface area contributed by atoms with Crippen LogP contribution in [0.5, 0.6) is 0 Å². The van der Waals surface area contributed by atoms with Crippen LogP contribution in [0.15, 0.2) is 0 Å². The molecule has 2 aliphatic rings. The van der Waals surface area contributed by atoms with E-state index in [-0.39, 0.29) is 6.42 Å². The molecule has 0 aromatic rings. The van der Waals surface area contributed by atoms with E-state index in [1.807, 2.05) is 0 Å². The lowest BCUT2D eigenvalue weighted by Gasteiger charge is -2.37. The SMILES string of the molecule is C[C@@H]1CN(CCC2CCN(CCC(=O)O)CC2)C[C@@H](C)O1. The average molecular weight is 298 g/mol. The van der Waals surface area contributed by atoms with Crippen LogP contribution in [0.4, 0.5) is 0 Å². The van der Waals surface area contributed by atoms with Crippen molar-refractivity contribution >= 4 is 5.97 Å². The van der Waals surface area contributed by atoms with E-state index >= 15 is 0 Å². The van der Waals surface area contributed by atoms with Crippen LogP contribution in [0.25, 0.3) is 0 Å². The summed E-state index contributed by atoms with van der Waals surface area (Å²) in [6.45, 7) is 10.4. The molecule has 2 heterocycles. The van der Waals surface area contributed by atoms with E-state index in [2.05, 4.69) is 23.6 Å². The van der Waals surface area contributed by atoms with E-state index in [1.165, 1.54) is 25.8 Å². The van der Waals surface area contributed by atoms with E-state index in [0.29, 0.717) is 18.8 Å². The van der Waals surface area contributed by atoms with Crippen LogP contribution in [-0.4, -0.2) is 72.4 Å². The number of likely N-dealkylation sites (tertiary alicyclic amines) is 1. The summed E-state index contributed by atoms with van der Waals surface area (Å²) >= 11 is 0. The molecule has 21 heavy (non-hydrogen) atoms. The Kier molecular flexibility index (Phi) is 6.45. The van der Waals surface area contributed by atoms with Crippen molar-refractivity contribution < 1.29 is 14.6 Å². The topological polar surface area (TPSA) is 53.0 Å². The molecule has 0 aliphatic carbocycles. The molecule has 2 fully saturated rings. The van der Waals surface area contributed by atoms with Crippen LogP contribution < -0.4 is 0 Å². The van der Waals surface area contributed by atoms with Crippen LogP contribution in [0.2, 0.25) is 0 Å². The van der Waals surface area contributed by atoms with Crippen molar-refractivity contribution in [2.75, 3.05) is 39.3 Å². The third-order valence-electron chi connectivity index (χ3n) is 4.70. The minimum Gasteiger partial charge on any atom is -0.481 e. The molecule has 2 saturated heterocycles. The Morgan fingerprint density at radius 1 is 1.10 bits per heavy atom. The fourth-order valence-corrected chi connectivity index (χ4v) is 3.58. The molecule has 0 saturated carbocycles. The van der Waals surface area contributed by atoms with E-state index in [0.717, 1.165) is 32.1 Å². The van der Waals surface area contributed by atoms with Crippen molar-refractivity contribution in [3.63, 3.8) is 0 Å². The van der Waals surface area contributed by atoms with E-state index in [9.17, 15) is 4.79 Å². The maximum atomic E-state index is 10.6. The molecule has 5 nitrogen and oxygen atoms in total. The van der Waals surface area contributed by atoms with Gasteiger partial charge < -0.3 is 14.7 Å². The van der Waals surface area contributed by atoms with Crippen LogP contribution >= 0.6 is 0 Å². The maximum absolute atomic E-state index is 10.6. The Labute approximate surface area is 128 Å². The summed E-state index contributed by atoms with van der Waals surface area (Å²) in [5, 5.41) is 8.72. The number of nitrogens with zero attached hydrogens (tertiary/aromatic N) is 2. The smallest absolute Gasteiger partial charge is 0.304 e. The zero-order chi connectivity index (χ0) is 15.2. The number of piperidine rings is 1. The molecule has 2 rings (SSSR count). The number of morpholine rings is 1. The number of hydrogen-bond acceptors (Lipinski definition) is 4. The number of carboxylic acids is 1. The zero-order valence-electron chi connectivity index (χ0n) is 13.5. The molecule has 2 aliphatic heterocycles. The molecule has 0 amide bonds. The van der Waals surface area contributed by atoms with Gasteiger partial charge in [-0.1, -0.05) is 0 Å². The number of rotatable bonds is 6. The van der Waals surface area contributed by atoms with Crippen LogP contribution in [0.3, 0.4) is 0 Å². The molecular weight excluding hydrogens is 268 g/mol. The fourth-order valence-electron chi connectivity index (χ4n) is 3.58. The molecule has 0 bridgehead atoms. The standard InChI is InChI=1S/C16H30N2O3/c1-13-11-18(12-14(2)21-13)9-5-15-3-7-17(8-4-15)10-6-16(19)20/h13-15H,3-12H2,1-2H3,(H,19,20)/t13-,14-/m1/s1. The van der Waals surface area contributed by atoms with Crippen molar-refractivity contribution in [3.05, 3.63) is 0 Å². The van der Waals surface area contributed by atoms with Crippen molar-refractivity contribution in [2.24, 2.45) is 5.92 Å². The largest absolute Gasteiger partial charge is 0.481 e. The highest BCUT2D eigenvalue weighted by Gasteiger charge is 2.24. The van der Waals surface area contributed by atoms with Gasteiger partial charge in [0.1, 0.15) is 0 Å². The minimum absolute atomic E-state index is 0.272. The summed E-state index contributed by atoms with van der Waals surface area (Å²) in [4.78, 5) is 15.4. The van der Waals surface area contributed by atoms with Gasteiger partial charge in [0.25, 0.3) is 0 Å². The predicted molar refractivity (Wildman–Crippen MR) is 82.5 cm³/mol. The summed E-state index contributed by atoms with van der Waals surface area (Å²) in [5.74, 6) is 0.118. The van der Waals surface area contributed by atoms with Gasteiger partial charge in [0.2, 0.25) is 0 Å². The lowest BCUT2D eigenvalue weighted by molar-refractivity contribution is -0.137. The zero-order valence-corrected chi connectivity index (χ0v) is 13.5. The summed E-state index contributed by atoms with van der Waals surface area (Å²) in [7, 11) is 0. The van der Waals surface area contributed by atoms with Gasteiger partial charge in [-0.3, -0.25) is 9.69 Å². The molecule has 0 aromatic heterocycles. The molecular formula is C16H30N2O3. The van der Waals surface area contributed by atoms with Gasteiger partial charge in [-0.15, -0.1) is 0 Å². The maximum Gasteiger partial charge on any atom is 0.304 e. The Morgan fingerprint density at radius 2 is 1.71 bits per heavy atom. The van der Waals surface area contributed by atoms with E-state index in [1.54, 1.807) is 0 Å². The Bertz CT molecular complexity index is 319. The first-order valence-electron chi connectivity index (χ1n) is 8.35. The second-order valence-electron chi connectivity index (χ2n) is 6.73. The number of carbonyl (C=O) groups is 1. The highest BCUT2D eigenvalue weighted by molar-refractivity contribution is 5.66. The first-order valence-corrected chi connectivity index (χ1v) is 8.35. The lowest BCUT2D eigenvalue weighted by atomic mass is 9.93. The van der Waals surface area contributed by atoms with Crippen molar-refractivity contribution in [3.8, 4) is 0 Å². The number of carboxylic acid groups (broad SMARTS) is 1. The third-order valence-corrected chi connectivity index (χ3v) is 4.70. The number of aliphatic carboxylic acids is 1. The van der Waals surface area contributed by atoms with Crippen molar-refractivity contribution in [1.82, 2.24) is 9.80 Å². The second-order valence-corrected chi connectivity index (χ2v) is 6.73. The second kappa shape index (κ2) is 8.11. The molecule has 0 radical (unpaired) electrons. The van der Waals surface area contributed by atoms with Crippen LogP contribution in [0.1, 0.15) is 39.5 Å². The van der Waals surface area contributed by atoms with Crippen LogP contribution in [0, 0.1) is 5.92 Å². The molecule has 0 spiro atoms. The van der Waals surface area contributed by atoms with Crippen molar-refractivity contribution in [1.29, 1.82) is 0 Å². The van der Waals surface area contributed by atoms with Gasteiger partial charge in [0, 0.05) is 19.6 Å². The highest BCUT2D eigenvalue weighted by atomic mass is 16.5. The first-order chi connectivity index (χ1) is 10.0. The van der Waals surface area contributed by atoms with E-state index < -0.39 is 5.97 Å².